The van der Waals surface area contributed by atoms with Crippen molar-refractivity contribution >= 4 is 0 Å². The topological polar surface area (TPSA) is 15.3 Å². The lowest BCUT2D eigenvalue weighted by Crippen LogP contribution is -2.50. The molecule has 1 fully saturated rings. The van der Waals surface area contributed by atoms with Crippen LogP contribution in [0.3, 0.4) is 0 Å². The van der Waals surface area contributed by atoms with E-state index in [1.807, 2.05) is 0 Å². The lowest BCUT2D eigenvalue weighted by Gasteiger charge is -2.37. The lowest BCUT2D eigenvalue weighted by atomic mass is 9.86. The minimum atomic E-state index is 0.784. The average Bonchev–Trinajstić information content (AvgIpc) is 2.47. The standard InChI is InChI=1S/C16H24N2/c1-2-13-3-4-14-5-6-16(12-15(14)11-13)18-9-7-17-8-10-18/h3-4,11,16-17H,2,5-10,12H2,1H3. The molecule has 0 radical (unpaired) electrons. The summed E-state index contributed by atoms with van der Waals surface area (Å²) < 4.78 is 0. The monoisotopic (exact) mass is 244 g/mol. The third kappa shape index (κ3) is 2.45. The number of nitrogens with zero attached hydrogens (tertiary/aromatic N) is 1. The fourth-order valence-corrected chi connectivity index (χ4v) is 3.37. The van der Waals surface area contributed by atoms with Gasteiger partial charge in [0.25, 0.3) is 0 Å². The molecule has 1 unspecified atom stereocenters. The molecule has 3 rings (SSSR count). The zero-order chi connectivity index (χ0) is 12.4. The molecule has 0 amide bonds. The predicted octanol–water partition coefficient (Wildman–Crippen LogP) is 2.01. The molecule has 2 aliphatic rings. The summed E-state index contributed by atoms with van der Waals surface area (Å²) in [6.07, 6.45) is 5.04. The fraction of sp³-hybridized carbons (Fsp3) is 0.625. The summed E-state index contributed by atoms with van der Waals surface area (Å²) in [5.74, 6) is 0. The van der Waals surface area contributed by atoms with Crippen LogP contribution in [-0.4, -0.2) is 37.1 Å². The summed E-state index contributed by atoms with van der Waals surface area (Å²) in [7, 11) is 0. The molecule has 2 heteroatoms. The highest BCUT2D eigenvalue weighted by Crippen LogP contribution is 2.26. The van der Waals surface area contributed by atoms with Crippen molar-refractivity contribution in [3.8, 4) is 0 Å². The van der Waals surface area contributed by atoms with Crippen LogP contribution in [0.25, 0.3) is 0 Å². The Kier molecular flexibility index (Phi) is 3.67. The third-order valence-electron chi connectivity index (χ3n) is 4.55. The van der Waals surface area contributed by atoms with Crippen molar-refractivity contribution in [2.24, 2.45) is 0 Å². The van der Waals surface area contributed by atoms with Crippen molar-refractivity contribution in [2.75, 3.05) is 26.2 Å². The molecule has 0 bridgehead atoms. The molecular weight excluding hydrogens is 220 g/mol. The van der Waals surface area contributed by atoms with Crippen LogP contribution in [0.4, 0.5) is 0 Å². The van der Waals surface area contributed by atoms with Crippen LogP contribution in [0.15, 0.2) is 18.2 Å². The van der Waals surface area contributed by atoms with Crippen LogP contribution < -0.4 is 5.32 Å². The van der Waals surface area contributed by atoms with Gasteiger partial charge < -0.3 is 5.32 Å². The second kappa shape index (κ2) is 5.41. The van der Waals surface area contributed by atoms with Gasteiger partial charge in [0.15, 0.2) is 0 Å². The van der Waals surface area contributed by atoms with Gasteiger partial charge in [0.05, 0.1) is 0 Å². The molecule has 2 nitrogen and oxygen atoms in total. The van der Waals surface area contributed by atoms with Crippen LogP contribution in [0.5, 0.6) is 0 Å². The highest BCUT2D eigenvalue weighted by atomic mass is 15.2. The van der Waals surface area contributed by atoms with E-state index in [4.69, 9.17) is 0 Å². The predicted molar refractivity (Wildman–Crippen MR) is 76.1 cm³/mol. The van der Waals surface area contributed by atoms with Gasteiger partial charge in [-0.1, -0.05) is 25.1 Å². The Hall–Kier alpha value is -0.860. The van der Waals surface area contributed by atoms with E-state index in [1.165, 1.54) is 51.0 Å². The van der Waals surface area contributed by atoms with Crippen LogP contribution in [0, 0.1) is 0 Å². The van der Waals surface area contributed by atoms with Gasteiger partial charge in [-0.05, 0) is 42.4 Å². The van der Waals surface area contributed by atoms with Gasteiger partial charge in [0.1, 0.15) is 0 Å². The van der Waals surface area contributed by atoms with Gasteiger partial charge in [-0.2, -0.15) is 0 Å². The molecule has 1 atom stereocenters. The molecule has 0 aromatic heterocycles. The largest absolute Gasteiger partial charge is 0.314 e. The molecule has 1 aromatic rings. The Labute approximate surface area is 110 Å². The van der Waals surface area contributed by atoms with Gasteiger partial charge in [-0.3, -0.25) is 4.90 Å². The molecule has 1 aliphatic heterocycles. The molecule has 18 heavy (non-hydrogen) atoms. The second-order valence-corrected chi connectivity index (χ2v) is 5.64. The third-order valence-corrected chi connectivity index (χ3v) is 4.55. The van der Waals surface area contributed by atoms with Crippen molar-refractivity contribution in [2.45, 2.75) is 38.6 Å². The van der Waals surface area contributed by atoms with Crippen molar-refractivity contribution in [1.29, 1.82) is 0 Å². The summed E-state index contributed by atoms with van der Waals surface area (Å²) in [4.78, 5) is 2.69. The quantitative estimate of drug-likeness (QED) is 0.856. The molecule has 1 heterocycles. The van der Waals surface area contributed by atoms with Gasteiger partial charge >= 0.3 is 0 Å². The maximum absolute atomic E-state index is 3.45. The number of aryl methyl sites for hydroxylation is 2. The number of hydrogen-bond acceptors (Lipinski definition) is 2. The Morgan fingerprint density at radius 1 is 1.22 bits per heavy atom. The Bertz CT molecular complexity index is 408. The molecule has 1 aromatic carbocycles. The number of piperazine rings is 1. The van der Waals surface area contributed by atoms with E-state index in [0.29, 0.717) is 0 Å². The summed E-state index contributed by atoms with van der Waals surface area (Å²) in [6.45, 7) is 7.04. The highest BCUT2D eigenvalue weighted by molar-refractivity contribution is 5.34. The van der Waals surface area contributed by atoms with Crippen LogP contribution >= 0.6 is 0 Å². The van der Waals surface area contributed by atoms with Crippen molar-refractivity contribution in [1.82, 2.24) is 10.2 Å². The van der Waals surface area contributed by atoms with E-state index >= 15 is 0 Å². The lowest BCUT2D eigenvalue weighted by molar-refractivity contribution is 0.159. The zero-order valence-corrected chi connectivity index (χ0v) is 11.4. The Balaban J connectivity index is 1.74. The summed E-state index contributed by atoms with van der Waals surface area (Å²) in [5, 5.41) is 3.45. The van der Waals surface area contributed by atoms with Crippen molar-refractivity contribution < 1.29 is 0 Å². The first-order valence-electron chi connectivity index (χ1n) is 7.42. The number of nitrogens with one attached hydrogen (secondary N) is 1. The Morgan fingerprint density at radius 3 is 2.83 bits per heavy atom. The molecular formula is C16H24N2. The first kappa shape index (κ1) is 12.2. The van der Waals surface area contributed by atoms with E-state index in [9.17, 15) is 0 Å². The molecule has 1 N–H and O–H groups in total. The second-order valence-electron chi connectivity index (χ2n) is 5.64. The molecule has 0 saturated carbocycles. The van der Waals surface area contributed by atoms with Crippen LogP contribution in [0.1, 0.15) is 30.0 Å². The minimum absolute atomic E-state index is 0.784. The smallest absolute Gasteiger partial charge is 0.0140 e. The van der Waals surface area contributed by atoms with E-state index in [-0.39, 0.29) is 0 Å². The van der Waals surface area contributed by atoms with E-state index in [0.717, 1.165) is 12.5 Å². The minimum Gasteiger partial charge on any atom is -0.314 e. The van der Waals surface area contributed by atoms with Gasteiger partial charge in [0.2, 0.25) is 0 Å². The fourth-order valence-electron chi connectivity index (χ4n) is 3.37. The van der Waals surface area contributed by atoms with Gasteiger partial charge in [-0.25, -0.2) is 0 Å². The molecule has 98 valence electrons. The summed E-state index contributed by atoms with van der Waals surface area (Å²) in [5.41, 5.74) is 4.71. The van der Waals surface area contributed by atoms with E-state index < -0.39 is 0 Å². The first-order valence-corrected chi connectivity index (χ1v) is 7.42. The van der Waals surface area contributed by atoms with Crippen molar-refractivity contribution in [3.63, 3.8) is 0 Å². The average molecular weight is 244 g/mol. The van der Waals surface area contributed by atoms with E-state index in [1.54, 1.807) is 11.1 Å². The summed E-state index contributed by atoms with van der Waals surface area (Å²) >= 11 is 0. The van der Waals surface area contributed by atoms with Crippen molar-refractivity contribution in [3.05, 3.63) is 34.9 Å². The SMILES string of the molecule is CCc1ccc2c(c1)CC(N1CCNCC1)CC2. The first-order chi connectivity index (χ1) is 8.86. The van der Waals surface area contributed by atoms with Crippen LogP contribution in [-0.2, 0) is 19.3 Å². The maximum Gasteiger partial charge on any atom is 0.0140 e. The Morgan fingerprint density at radius 2 is 2.06 bits per heavy atom. The normalized spacial score (nSPS) is 24.8. The molecule has 0 spiro atoms. The zero-order valence-electron chi connectivity index (χ0n) is 11.4. The van der Waals surface area contributed by atoms with Gasteiger partial charge in [0, 0.05) is 32.2 Å². The van der Waals surface area contributed by atoms with E-state index in [2.05, 4.69) is 35.3 Å². The number of hydrogen-bond donors (Lipinski definition) is 1. The highest BCUT2D eigenvalue weighted by Gasteiger charge is 2.25. The number of rotatable bonds is 2. The van der Waals surface area contributed by atoms with Crippen LogP contribution in [0.2, 0.25) is 0 Å². The molecule has 1 aliphatic carbocycles. The van der Waals surface area contributed by atoms with Gasteiger partial charge in [-0.15, -0.1) is 0 Å². The molecule has 1 saturated heterocycles. The summed E-state index contributed by atoms with van der Waals surface area (Å²) in [6, 6.07) is 7.90. The number of fused-ring (bicyclic) bond motifs is 1. The number of benzene rings is 1. The maximum atomic E-state index is 3.45.